The molecule has 1 aromatic rings. The number of nitrogens with two attached hydrogens (primary N) is 1. The van der Waals surface area contributed by atoms with Crippen LogP contribution in [0.15, 0.2) is 30.3 Å². The van der Waals surface area contributed by atoms with E-state index in [4.69, 9.17) is 5.73 Å². The number of rotatable bonds is 4. The van der Waals surface area contributed by atoms with Crippen LogP contribution in [0, 0.1) is 11.3 Å². The first-order chi connectivity index (χ1) is 11.5. The van der Waals surface area contributed by atoms with Crippen LogP contribution in [0.25, 0.3) is 0 Å². The monoisotopic (exact) mass is 329 g/mol. The van der Waals surface area contributed by atoms with Gasteiger partial charge in [0.2, 0.25) is 5.91 Å². The van der Waals surface area contributed by atoms with Crippen LogP contribution in [-0.2, 0) is 11.3 Å². The van der Waals surface area contributed by atoms with Crippen LogP contribution >= 0.6 is 0 Å². The molecular formula is C20H31N3O. The highest BCUT2D eigenvalue weighted by Gasteiger charge is 2.42. The lowest BCUT2D eigenvalue weighted by molar-refractivity contribution is -0.133. The van der Waals surface area contributed by atoms with Crippen molar-refractivity contribution in [2.24, 2.45) is 17.1 Å². The highest BCUT2D eigenvalue weighted by Crippen LogP contribution is 2.40. The standard InChI is InChI=1S/C20H31N3O/c1-16(2)18(21)19(24)23-13-10-20(15-23)8-11-22(12-9-20)14-17-6-4-3-5-7-17/h3-7,16,18H,8-15,21H2,1-2H3/t18-/m1/s1. The first-order valence-corrected chi connectivity index (χ1v) is 9.30. The summed E-state index contributed by atoms with van der Waals surface area (Å²) in [4.78, 5) is 17.1. The van der Waals surface area contributed by atoms with E-state index in [-0.39, 0.29) is 17.9 Å². The second kappa shape index (κ2) is 7.24. The second-order valence-electron chi connectivity index (χ2n) is 8.04. The Bertz CT molecular complexity index is 549. The molecule has 4 nitrogen and oxygen atoms in total. The number of benzene rings is 1. The summed E-state index contributed by atoms with van der Waals surface area (Å²) in [7, 11) is 0. The molecule has 1 amide bonds. The molecule has 132 valence electrons. The Hall–Kier alpha value is -1.39. The van der Waals surface area contributed by atoms with Crippen LogP contribution < -0.4 is 5.73 Å². The third kappa shape index (κ3) is 3.81. The molecule has 1 spiro atoms. The lowest BCUT2D eigenvalue weighted by Gasteiger charge is -2.39. The molecule has 0 saturated carbocycles. The zero-order valence-corrected chi connectivity index (χ0v) is 15.1. The Kier molecular flexibility index (Phi) is 5.26. The molecule has 2 aliphatic heterocycles. The topological polar surface area (TPSA) is 49.6 Å². The highest BCUT2D eigenvalue weighted by molar-refractivity contribution is 5.82. The minimum atomic E-state index is -0.349. The summed E-state index contributed by atoms with van der Waals surface area (Å²) >= 11 is 0. The number of hydrogen-bond donors (Lipinski definition) is 1. The number of carbonyl (C=O) groups excluding carboxylic acids is 1. The van der Waals surface area contributed by atoms with Gasteiger partial charge in [0.25, 0.3) is 0 Å². The van der Waals surface area contributed by atoms with Gasteiger partial charge in [-0.15, -0.1) is 0 Å². The molecule has 0 unspecified atom stereocenters. The molecule has 4 heteroatoms. The molecule has 1 atom stereocenters. The van der Waals surface area contributed by atoms with Crippen LogP contribution in [0.4, 0.5) is 0 Å². The van der Waals surface area contributed by atoms with Gasteiger partial charge in [0.05, 0.1) is 6.04 Å². The lowest BCUT2D eigenvalue weighted by atomic mass is 9.77. The minimum Gasteiger partial charge on any atom is -0.341 e. The summed E-state index contributed by atoms with van der Waals surface area (Å²) in [5.41, 5.74) is 7.79. The van der Waals surface area contributed by atoms with E-state index in [2.05, 4.69) is 35.2 Å². The Morgan fingerprint density at radius 1 is 1.12 bits per heavy atom. The van der Waals surface area contributed by atoms with Crippen molar-refractivity contribution in [3.8, 4) is 0 Å². The fraction of sp³-hybridized carbons (Fsp3) is 0.650. The molecule has 2 fully saturated rings. The van der Waals surface area contributed by atoms with Gasteiger partial charge in [-0.1, -0.05) is 44.2 Å². The van der Waals surface area contributed by atoms with E-state index < -0.39 is 0 Å². The van der Waals surface area contributed by atoms with Crippen molar-refractivity contribution in [1.82, 2.24) is 9.80 Å². The summed E-state index contributed by atoms with van der Waals surface area (Å²) in [5.74, 6) is 0.357. The number of carbonyl (C=O) groups is 1. The van der Waals surface area contributed by atoms with Gasteiger partial charge in [0, 0.05) is 19.6 Å². The Morgan fingerprint density at radius 2 is 1.75 bits per heavy atom. The molecule has 2 aliphatic rings. The second-order valence-corrected chi connectivity index (χ2v) is 8.04. The van der Waals surface area contributed by atoms with Crippen molar-refractivity contribution >= 4 is 5.91 Å². The van der Waals surface area contributed by atoms with Gasteiger partial charge in [-0.25, -0.2) is 0 Å². The average molecular weight is 329 g/mol. The summed E-state index contributed by atoms with van der Waals surface area (Å²) < 4.78 is 0. The van der Waals surface area contributed by atoms with Gasteiger partial charge >= 0.3 is 0 Å². The van der Waals surface area contributed by atoms with Gasteiger partial charge in [-0.3, -0.25) is 9.69 Å². The zero-order valence-electron chi connectivity index (χ0n) is 15.1. The van der Waals surface area contributed by atoms with Crippen LogP contribution in [-0.4, -0.2) is 47.9 Å². The van der Waals surface area contributed by atoms with E-state index >= 15 is 0 Å². The fourth-order valence-electron chi connectivity index (χ4n) is 4.05. The predicted molar refractivity (Wildman–Crippen MR) is 97.4 cm³/mol. The summed E-state index contributed by atoms with van der Waals surface area (Å²) in [5, 5.41) is 0. The van der Waals surface area contributed by atoms with E-state index in [1.165, 1.54) is 18.4 Å². The molecule has 1 aromatic carbocycles. The van der Waals surface area contributed by atoms with Gasteiger partial charge in [-0.2, -0.15) is 0 Å². The van der Waals surface area contributed by atoms with E-state index in [0.717, 1.165) is 39.1 Å². The fourth-order valence-corrected chi connectivity index (χ4v) is 4.05. The van der Waals surface area contributed by atoms with E-state index in [9.17, 15) is 4.79 Å². The maximum Gasteiger partial charge on any atom is 0.239 e. The summed E-state index contributed by atoms with van der Waals surface area (Å²) in [6, 6.07) is 10.3. The van der Waals surface area contributed by atoms with Crippen LogP contribution in [0.1, 0.15) is 38.7 Å². The van der Waals surface area contributed by atoms with Gasteiger partial charge < -0.3 is 10.6 Å². The Morgan fingerprint density at radius 3 is 2.38 bits per heavy atom. The normalized spacial score (nSPS) is 22.2. The lowest BCUT2D eigenvalue weighted by Crippen LogP contribution is -2.47. The van der Waals surface area contributed by atoms with Crippen LogP contribution in [0.2, 0.25) is 0 Å². The van der Waals surface area contributed by atoms with Gasteiger partial charge in [0.1, 0.15) is 0 Å². The molecule has 0 bridgehead atoms. The Balaban J connectivity index is 1.52. The van der Waals surface area contributed by atoms with Gasteiger partial charge in [-0.05, 0) is 49.2 Å². The third-order valence-corrected chi connectivity index (χ3v) is 5.92. The largest absolute Gasteiger partial charge is 0.341 e. The van der Waals surface area contributed by atoms with Crippen molar-refractivity contribution in [1.29, 1.82) is 0 Å². The van der Waals surface area contributed by atoms with Crippen molar-refractivity contribution < 1.29 is 4.79 Å². The highest BCUT2D eigenvalue weighted by atomic mass is 16.2. The Labute approximate surface area is 146 Å². The molecule has 0 radical (unpaired) electrons. The first-order valence-electron chi connectivity index (χ1n) is 9.30. The number of likely N-dealkylation sites (tertiary alicyclic amines) is 2. The predicted octanol–water partition coefficient (Wildman–Crippen LogP) is 2.48. The molecule has 2 N–H and O–H groups in total. The first kappa shape index (κ1) is 17.4. The molecule has 2 heterocycles. The zero-order chi connectivity index (χ0) is 17.2. The maximum absolute atomic E-state index is 12.5. The summed E-state index contributed by atoms with van der Waals surface area (Å²) in [6.07, 6.45) is 3.53. The molecule has 0 aliphatic carbocycles. The van der Waals surface area contributed by atoms with E-state index in [0.29, 0.717) is 5.41 Å². The summed E-state index contributed by atoms with van der Waals surface area (Å²) in [6.45, 7) is 9.15. The van der Waals surface area contributed by atoms with E-state index in [1.807, 2.05) is 18.7 Å². The molecule has 0 aromatic heterocycles. The quantitative estimate of drug-likeness (QED) is 0.923. The molecule has 3 rings (SSSR count). The van der Waals surface area contributed by atoms with Crippen LogP contribution in [0.3, 0.4) is 0 Å². The molecular weight excluding hydrogens is 298 g/mol. The maximum atomic E-state index is 12.5. The molecule has 24 heavy (non-hydrogen) atoms. The van der Waals surface area contributed by atoms with Crippen molar-refractivity contribution in [2.75, 3.05) is 26.2 Å². The number of amides is 1. The SMILES string of the molecule is CC(C)[C@@H](N)C(=O)N1CCC2(CCN(Cc3ccccc3)CC2)C1. The average Bonchev–Trinajstić information content (AvgIpc) is 3.00. The number of hydrogen-bond acceptors (Lipinski definition) is 3. The number of piperidine rings is 1. The smallest absolute Gasteiger partial charge is 0.239 e. The van der Waals surface area contributed by atoms with Crippen molar-refractivity contribution in [3.05, 3.63) is 35.9 Å². The minimum absolute atomic E-state index is 0.147. The van der Waals surface area contributed by atoms with Crippen molar-refractivity contribution in [2.45, 2.75) is 45.7 Å². The van der Waals surface area contributed by atoms with Gasteiger partial charge in [0.15, 0.2) is 0 Å². The third-order valence-electron chi connectivity index (χ3n) is 5.92. The molecule has 2 saturated heterocycles. The van der Waals surface area contributed by atoms with Crippen molar-refractivity contribution in [3.63, 3.8) is 0 Å². The van der Waals surface area contributed by atoms with E-state index in [1.54, 1.807) is 0 Å². The number of nitrogens with zero attached hydrogens (tertiary/aromatic N) is 2. The van der Waals surface area contributed by atoms with Crippen LogP contribution in [0.5, 0.6) is 0 Å².